The van der Waals surface area contributed by atoms with Crippen LogP contribution in [0.1, 0.15) is 40.2 Å². The molecule has 0 atom stereocenters. The molecule has 2 aromatic carbocycles. The molecule has 0 aliphatic carbocycles. The Balaban J connectivity index is 2.05. The lowest BCUT2D eigenvalue weighted by Gasteiger charge is -2.23. The quantitative estimate of drug-likeness (QED) is 0.453. The van der Waals surface area contributed by atoms with Crippen LogP contribution in [0.3, 0.4) is 0 Å². The Kier molecular flexibility index (Phi) is 7.23. The predicted molar refractivity (Wildman–Crippen MR) is 131 cm³/mol. The van der Waals surface area contributed by atoms with Crippen molar-refractivity contribution in [1.82, 2.24) is 9.78 Å². The van der Waals surface area contributed by atoms with Crippen molar-refractivity contribution in [2.24, 2.45) is 15.6 Å². The summed E-state index contributed by atoms with van der Waals surface area (Å²) in [5.74, 6) is 0.201. The lowest BCUT2D eigenvalue weighted by molar-refractivity contribution is -0.123. The van der Waals surface area contributed by atoms with Gasteiger partial charge in [0.05, 0.1) is 17.6 Å². The lowest BCUT2D eigenvalue weighted by atomic mass is 9.95. The average molecular weight is 444 g/mol. The van der Waals surface area contributed by atoms with Gasteiger partial charge in [0, 0.05) is 24.2 Å². The van der Waals surface area contributed by atoms with Crippen molar-refractivity contribution in [2.75, 3.05) is 23.3 Å². The van der Waals surface area contributed by atoms with E-state index in [2.05, 4.69) is 45.5 Å². The zero-order valence-electron chi connectivity index (χ0n) is 19.7. The number of amides is 1. The highest BCUT2D eigenvalue weighted by atomic mass is 16.2. The van der Waals surface area contributed by atoms with Crippen LogP contribution < -0.4 is 10.2 Å². The standard InChI is InChI=1S/C25H29N7O/c1-6-31(7-2)20-13-14-21(22(15-20)28-24(33)25(3,4)5)29-30-23-18(16-26)17-27-32(23)19-11-9-8-10-12-19/h8-15,17H,6-7H2,1-5H3,(H,28,33)/b30-29+. The second kappa shape index (κ2) is 10.1. The Morgan fingerprint density at radius 3 is 2.42 bits per heavy atom. The van der Waals surface area contributed by atoms with E-state index in [0.717, 1.165) is 24.5 Å². The maximum Gasteiger partial charge on any atom is 0.229 e. The molecule has 0 bridgehead atoms. The van der Waals surface area contributed by atoms with Crippen molar-refractivity contribution in [2.45, 2.75) is 34.6 Å². The number of nitrogens with one attached hydrogen (secondary N) is 1. The van der Waals surface area contributed by atoms with Gasteiger partial charge in [0.25, 0.3) is 0 Å². The molecule has 1 amide bonds. The van der Waals surface area contributed by atoms with E-state index < -0.39 is 5.41 Å². The summed E-state index contributed by atoms with van der Waals surface area (Å²) in [6, 6.07) is 17.2. The number of benzene rings is 2. The van der Waals surface area contributed by atoms with E-state index in [0.29, 0.717) is 22.8 Å². The van der Waals surface area contributed by atoms with Gasteiger partial charge in [0.1, 0.15) is 17.3 Å². The third-order valence-corrected chi connectivity index (χ3v) is 5.16. The molecule has 3 rings (SSSR count). The van der Waals surface area contributed by atoms with Crippen LogP contribution in [0.4, 0.5) is 22.9 Å². The number of nitriles is 1. The average Bonchev–Trinajstić information content (AvgIpc) is 3.22. The van der Waals surface area contributed by atoms with E-state index in [1.807, 2.05) is 69.3 Å². The Bertz CT molecular complexity index is 1180. The highest BCUT2D eigenvalue weighted by Gasteiger charge is 2.23. The number of hydrogen-bond donors (Lipinski definition) is 1. The number of carbonyl (C=O) groups is 1. The molecule has 0 fully saturated rings. The molecule has 0 aliphatic heterocycles. The largest absolute Gasteiger partial charge is 0.372 e. The van der Waals surface area contributed by atoms with Gasteiger partial charge in [-0.1, -0.05) is 39.0 Å². The van der Waals surface area contributed by atoms with Gasteiger partial charge in [-0.05, 0) is 44.2 Å². The van der Waals surface area contributed by atoms with Crippen LogP contribution >= 0.6 is 0 Å². The molecule has 3 aromatic rings. The van der Waals surface area contributed by atoms with Crippen LogP contribution in [0.15, 0.2) is 65.0 Å². The van der Waals surface area contributed by atoms with Gasteiger partial charge in [-0.15, -0.1) is 10.2 Å². The SMILES string of the molecule is CCN(CC)c1ccc(/N=N/c2c(C#N)cnn2-c2ccccc2)c(NC(=O)C(C)(C)C)c1. The predicted octanol–water partition coefficient (Wildman–Crippen LogP) is 5.99. The topological polar surface area (TPSA) is 98.7 Å². The van der Waals surface area contributed by atoms with Gasteiger partial charge >= 0.3 is 0 Å². The summed E-state index contributed by atoms with van der Waals surface area (Å²) in [6.45, 7) is 11.4. The molecule has 8 heteroatoms. The molecule has 0 unspecified atom stereocenters. The fourth-order valence-corrected chi connectivity index (χ4v) is 3.18. The van der Waals surface area contributed by atoms with Crippen LogP contribution in [-0.2, 0) is 4.79 Å². The van der Waals surface area contributed by atoms with E-state index >= 15 is 0 Å². The number of azo groups is 1. The number of hydrogen-bond acceptors (Lipinski definition) is 6. The second-order valence-corrected chi connectivity index (χ2v) is 8.52. The van der Waals surface area contributed by atoms with Gasteiger partial charge in [-0.2, -0.15) is 10.4 Å². The Hall–Kier alpha value is -3.99. The number of carbonyl (C=O) groups excluding carboxylic acids is 1. The van der Waals surface area contributed by atoms with Crippen molar-refractivity contribution in [3.05, 3.63) is 60.3 Å². The van der Waals surface area contributed by atoms with Gasteiger partial charge in [0.15, 0.2) is 5.82 Å². The molecular formula is C25H29N7O. The number of aromatic nitrogens is 2. The number of rotatable bonds is 7. The van der Waals surface area contributed by atoms with Crippen molar-refractivity contribution in [1.29, 1.82) is 5.26 Å². The van der Waals surface area contributed by atoms with Crippen molar-refractivity contribution < 1.29 is 4.79 Å². The molecule has 170 valence electrons. The van der Waals surface area contributed by atoms with E-state index in [4.69, 9.17) is 0 Å². The first-order chi connectivity index (χ1) is 15.8. The normalized spacial score (nSPS) is 11.4. The first-order valence-electron chi connectivity index (χ1n) is 10.9. The van der Waals surface area contributed by atoms with E-state index in [9.17, 15) is 10.1 Å². The van der Waals surface area contributed by atoms with Crippen LogP contribution in [-0.4, -0.2) is 28.8 Å². The van der Waals surface area contributed by atoms with Crippen LogP contribution in [0.25, 0.3) is 5.69 Å². The summed E-state index contributed by atoms with van der Waals surface area (Å²) in [4.78, 5) is 14.9. The van der Waals surface area contributed by atoms with Gasteiger partial charge < -0.3 is 10.2 Å². The third kappa shape index (κ3) is 5.44. The van der Waals surface area contributed by atoms with Crippen LogP contribution in [0.5, 0.6) is 0 Å². The minimum atomic E-state index is -0.570. The smallest absolute Gasteiger partial charge is 0.229 e. The molecular weight excluding hydrogens is 414 g/mol. The molecule has 0 saturated heterocycles. The summed E-state index contributed by atoms with van der Waals surface area (Å²) in [6.07, 6.45) is 1.47. The third-order valence-electron chi connectivity index (χ3n) is 5.16. The maximum absolute atomic E-state index is 12.7. The zero-order chi connectivity index (χ0) is 24.0. The monoisotopic (exact) mass is 443 g/mol. The fourth-order valence-electron chi connectivity index (χ4n) is 3.18. The zero-order valence-corrected chi connectivity index (χ0v) is 19.7. The molecule has 0 aliphatic rings. The molecule has 0 spiro atoms. The first-order valence-corrected chi connectivity index (χ1v) is 10.9. The molecule has 33 heavy (non-hydrogen) atoms. The maximum atomic E-state index is 12.7. The second-order valence-electron chi connectivity index (χ2n) is 8.52. The molecule has 1 heterocycles. The van der Waals surface area contributed by atoms with Gasteiger partial charge in [0.2, 0.25) is 5.91 Å². The van der Waals surface area contributed by atoms with E-state index in [1.165, 1.54) is 6.20 Å². The molecule has 8 nitrogen and oxygen atoms in total. The van der Waals surface area contributed by atoms with E-state index in [-0.39, 0.29) is 5.91 Å². The number of anilines is 2. The Morgan fingerprint density at radius 2 is 1.82 bits per heavy atom. The molecule has 1 aromatic heterocycles. The Labute approximate surface area is 194 Å². The van der Waals surface area contributed by atoms with Crippen molar-refractivity contribution >= 4 is 28.8 Å². The van der Waals surface area contributed by atoms with Crippen molar-refractivity contribution in [3.63, 3.8) is 0 Å². The lowest BCUT2D eigenvalue weighted by Crippen LogP contribution is -2.28. The van der Waals surface area contributed by atoms with Crippen molar-refractivity contribution in [3.8, 4) is 11.8 Å². The summed E-state index contributed by atoms with van der Waals surface area (Å²) in [5.41, 5.74) is 2.55. The molecule has 0 radical (unpaired) electrons. The van der Waals surface area contributed by atoms with E-state index in [1.54, 1.807) is 4.68 Å². The molecule has 1 N–H and O–H groups in total. The van der Waals surface area contributed by atoms with Gasteiger partial charge in [-0.25, -0.2) is 4.68 Å². The van der Waals surface area contributed by atoms with Crippen LogP contribution in [0, 0.1) is 16.7 Å². The van der Waals surface area contributed by atoms with Gasteiger partial charge in [-0.3, -0.25) is 4.79 Å². The number of nitrogens with zero attached hydrogens (tertiary/aromatic N) is 6. The summed E-state index contributed by atoms with van der Waals surface area (Å²) in [7, 11) is 0. The fraction of sp³-hybridized carbons (Fsp3) is 0.320. The number of para-hydroxylation sites is 1. The van der Waals surface area contributed by atoms with Crippen LogP contribution in [0.2, 0.25) is 0 Å². The minimum Gasteiger partial charge on any atom is -0.372 e. The summed E-state index contributed by atoms with van der Waals surface area (Å²) in [5, 5.41) is 25.6. The highest BCUT2D eigenvalue weighted by Crippen LogP contribution is 2.33. The first kappa shape index (κ1) is 23.7. The molecule has 0 saturated carbocycles. The minimum absolute atomic E-state index is 0.123. The summed E-state index contributed by atoms with van der Waals surface area (Å²) < 4.78 is 1.57. The Morgan fingerprint density at radius 1 is 1.12 bits per heavy atom. The summed E-state index contributed by atoms with van der Waals surface area (Å²) >= 11 is 0. The highest BCUT2D eigenvalue weighted by molar-refractivity contribution is 5.97.